The van der Waals surface area contributed by atoms with Crippen molar-refractivity contribution in [3.05, 3.63) is 29.3 Å². The Morgan fingerprint density at radius 3 is 2.93 bits per heavy atom. The van der Waals surface area contributed by atoms with Gasteiger partial charge in [-0.1, -0.05) is 6.07 Å². The van der Waals surface area contributed by atoms with Gasteiger partial charge >= 0.3 is 0 Å². The third-order valence-corrected chi connectivity index (χ3v) is 3.19. The second kappa shape index (κ2) is 4.23. The Labute approximate surface area is 92.1 Å². The fourth-order valence-corrected chi connectivity index (χ4v) is 2.55. The Hall–Kier alpha value is -1.02. The summed E-state index contributed by atoms with van der Waals surface area (Å²) in [5, 5.41) is 0. The van der Waals surface area contributed by atoms with E-state index in [1.165, 1.54) is 30.4 Å². The fourth-order valence-electron chi connectivity index (χ4n) is 2.55. The fraction of sp³-hybridized carbons (Fsp3) is 0.538. The van der Waals surface area contributed by atoms with Crippen LogP contribution in [0.4, 0.5) is 5.69 Å². The van der Waals surface area contributed by atoms with Crippen LogP contribution < -0.4 is 5.73 Å². The third-order valence-electron chi connectivity index (χ3n) is 3.19. The number of nitrogens with zero attached hydrogens (tertiary/aromatic N) is 1. The first-order valence-corrected chi connectivity index (χ1v) is 5.70. The van der Waals surface area contributed by atoms with Crippen LogP contribution in [0.2, 0.25) is 0 Å². The molecule has 2 rings (SSSR count). The van der Waals surface area contributed by atoms with Gasteiger partial charge in [-0.05, 0) is 62.5 Å². The molecule has 1 aromatic carbocycles. The minimum Gasteiger partial charge on any atom is -0.399 e. The zero-order valence-corrected chi connectivity index (χ0v) is 9.66. The number of nitrogen functional groups attached to an aromatic ring is 1. The Morgan fingerprint density at radius 1 is 1.40 bits per heavy atom. The lowest BCUT2D eigenvalue weighted by Gasteiger charge is -2.28. The molecular weight excluding hydrogens is 184 g/mol. The van der Waals surface area contributed by atoms with Crippen molar-refractivity contribution in [1.82, 2.24) is 4.90 Å². The highest BCUT2D eigenvalue weighted by atomic mass is 15.1. The summed E-state index contributed by atoms with van der Waals surface area (Å²) >= 11 is 0. The van der Waals surface area contributed by atoms with Gasteiger partial charge in [-0.2, -0.15) is 0 Å². The monoisotopic (exact) mass is 204 g/mol. The SMILES string of the molecule is CN(C)CC1CCCc2ccc(N)cc21. The van der Waals surface area contributed by atoms with Crippen molar-refractivity contribution in [2.45, 2.75) is 25.2 Å². The molecule has 0 spiro atoms. The maximum absolute atomic E-state index is 5.86. The number of anilines is 1. The van der Waals surface area contributed by atoms with Gasteiger partial charge in [0.2, 0.25) is 0 Å². The minimum absolute atomic E-state index is 0.673. The van der Waals surface area contributed by atoms with Crippen LogP contribution >= 0.6 is 0 Å². The summed E-state index contributed by atoms with van der Waals surface area (Å²) < 4.78 is 0. The van der Waals surface area contributed by atoms with E-state index >= 15 is 0 Å². The van der Waals surface area contributed by atoms with Gasteiger partial charge in [0.25, 0.3) is 0 Å². The summed E-state index contributed by atoms with van der Waals surface area (Å²) in [5.74, 6) is 0.673. The predicted molar refractivity (Wildman–Crippen MR) is 65.1 cm³/mol. The molecule has 2 N–H and O–H groups in total. The molecule has 0 heterocycles. The largest absolute Gasteiger partial charge is 0.399 e. The second-order valence-electron chi connectivity index (χ2n) is 4.81. The molecule has 15 heavy (non-hydrogen) atoms. The maximum Gasteiger partial charge on any atom is 0.0317 e. The highest BCUT2D eigenvalue weighted by Crippen LogP contribution is 2.33. The number of likely N-dealkylation sites (N-methyl/N-ethyl adjacent to an activating group) is 1. The first kappa shape index (κ1) is 10.5. The van der Waals surface area contributed by atoms with E-state index in [1.807, 2.05) is 6.07 Å². The van der Waals surface area contributed by atoms with Crippen LogP contribution in [0, 0.1) is 0 Å². The molecule has 2 heteroatoms. The van der Waals surface area contributed by atoms with Crippen LogP contribution in [0.3, 0.4) is 0 Å². The molecule has 2 nitrogen and oxygen atoms in total. The zero-order valence-electron chi connectivity index (χ0n) is 9.66. The number of aryl methyl sites for hydroxylation is 1. The van der Waals surface area contributed by atoms with E-state index < -0.39 is 0 Å². The third kappa shape index (κ3) is 2.32. The molecule has 0 radical (unpaired) electrons. The van der Waals surface area contributed by atoms with Crippen LogP contribution in [0.25, 0.3) is 0 Å². The van der Waals surface area contributed by atoms with Gasteiger partial charge in [-0.25, -0.2) is 0 Å². The number of benzene rings is 1. The topological polar surface area (TPSA) is 29.3 Å². The van der Waals surface area contributed by atoms with Gasteiger partial charge < -0.3 is 10.6 Å². The average Bonchev–Trinajstić information content (AvgIpc) is 2.18. The minimum atomic E-state index is 0.673. The summed E-state index contributed by atoms with van der Waals surface area (Å²) in [6, 6.07) is 6.39. The first-order chi connectivity index (χ1) is 7.16. The molecule has 0 amide bonds. The molecule has 0 saturated carbocycles. The van der Waals surface area contributed by atoms with E-state index in [4.69, 9.17) is 5.73 Å². The average molecular weight is 204 g/mol. The molecule has 0 aliphatic heterocycles. The number of fused-ring (bicyclic) bond motifs is 1. The van der Waals surface area contributed by atoms with Gasteiger partial charge in [-0.15, -0.1) is 0 Å². The smallest absolute Gasteiger partial charge is 0.0317 e. The van der Waals surface area contributed by atoms with Gasteiger partial charge in [0.15, 0.2) is 0 Å². The zero-order chi connectivity index (χ0) is 10.8. The lowest BCUT2D eigenvalue weighted by atomic mass is 9.82. The Morgan fingerprint density at radius 2 is 2.20 bits per heavy atom. The molecule has 0 bridgehead atoms. The van der Waals surface area contributed by atoms with E-state index in [2.05, 4.69) is 31.1 Å². The molecule has 82 valence electrons. The lowest BCUT2D eigenvalue weighted by Crippen LogP contribution is -2.23. The molecular formula is C13H20N2. The van der Waals surface area contributed by atoms with Crippen molar-refractivity contribution >= 4 is 5.69 Å². The van der Waals surface area contributed by atoms with E-state index in [0.29, 0.717) is 5.92 Å². The molecule has 1 aliphatic rings. The highest BCUT2D eigenvalue weighted by Gasteiger charge is 2.20. The van der Waals surface area contributed by atoms with E-state index in [0.717, 1.165) is 12.2 Å². The Balaban J connectivity index is 2.28. The summed E-state index contributed by atoms with van der Waals surface area (Å²) in [7, 11) is 4.28. The second-order valence-corrected chi connectivity index (χ2v) is 4.81. The van der Waals surface area contributed by atoms with Crippen LogP contribution in [0.1, 0.15) is 29.9 Å². The van der Waals surface area contributed by atoms with Crippen LogP contribution in [0.15, 0.2) is 18.2 Å². The summed E-state index contributed by atoms with van der Waals surface area (Å²) in [5.41, 5.74) is 9.75. The normalized spacial score (nSPS) is 20.3. The number of rotatable bonds is 2. The molecule has 1 aliphatic carbocycles. The van der Waals surface area contributed by atoms with Gasteiger partial charge in [0.05, 0.1) is 0 Å². The van der Waals surface area contributed by atoms with Crippen LogP contribution in [-0.4, -0.2) is 25.5 Å². The van der Waals surface area contributed by atoms with Crippen molar-refractivity contribution < 1.29 is 0 Å². The molecule has 0 fully saturated rings. The predicted octanol–water partition coefficient (Wildman–Crippen LogP) is 2.25. The Bertz CT molecular complexity index is 344. The van der Waals surface area contributed by atoms with E-state index in [-0.39, 0.29) is 0 Å². The van der Waals surface area contributed by atoms with Crippen molar-refractivity contribution in [1.29, 1.82) is 0 Å². The molecule has 1 atom stereocenters. The standard InChI is InChI=1S/C13H20N2/c1-15(2)9-11-5-3-4-10-6-7-12(14)8-13(10)11/h6-8,11H,3-5,9,14H2,1-2H3. The Kier molecular flexibility index (Phi) is 2.96. The van der Waals surface area contributed by atoms with Gasteiger partial charge in [-0.3, -0.25) is 0 Å². The van der Waals surface area contributed by atoms with Gasteiger partial charge in [0, 0.05) is 12.2 Å². The molecule has 1 aromatic rings. The first-order valence-electron chi connectivity index (χ1n) is 5.70. The van der Waals surface area contributed by atoms with Crippen molar-refractivity contribution in [3.8, 4) is 0 Å². The number of hydrogen-bond acceptors (Lipinski definition) is 2. The number of hydrogen-bond donors (Lipinski definition) is 1. The number of nitrogens with two attached hydrogens (primary N) is 1. The van der Waals surface area contributed by atoms with Crippen LogP contribution in [-0.2, 0) is 6.42 Å². The van der Waals surface area contributed by atoms with E-state index in [9.17, 15) is 0 Å². The maximum atomic E-state index is 5.86. The van der Waals surface area contributed by atoms with Crippen molar-refractivity contribution in [2.24, 2.45) is 0 Å². The summed E-state index contributed by atoms with van der Waals surface area (Å²) in [4.78, 5) is 2.27. The lowest BCUT2D eigenvalue weighted by molar-refractivity contribution is 0.352. The molecule has 0 saturated heterocycles. The van der Waals surface area contributed by atoms with Crippen molar-refractivity contribution in [2.75, 3.05) is 26.4 Å². The summed E-state index contributed by atoms with van der Waals surface area (Å²) in [6.07, 6.45) is 3.84. The summed E-state index contributed by atoms with van der Waals surface area (Å²) in [6.45, 7) is 1.14. The molecule has 0 aromatic heterocycles. The van der Waals surface area contributed by atoms with E-state index in [1.54, 1.807) is 0 Å². The van der Waals surface area contributed by atoms with Crippen molar-refractivity contribution in [3.63, 3.8) is 0 Å². The van der Waals surface area contributed by atoms with Crippen LogP contribution in [0.5, 0.6) is 0 Å². The van der Waals surface area contributed by atoms with Gasteiger partial charge in [0.1, 0.15) is 0 Å². The molecule has 1 unspecified atom stereocenters. The highest BCUT2D eigenvalue weighted by molar-refractivity contribution is 5.47. The quantitative estimate of drug-likeness (QED) is 0.749.